The molecule has 1 fully saturated rings. The van der Waals surface area contributed by atoms with Gasteiger partial charge < -0.3 is 9.47 Å². The highest BCUT2D eigenvalue weighted by molar-refractivity contribution is 8.26. The van der Waals surface area contributed by atoms with Crippen LogP contribution in [0.2, 0.25) is 0 Å². The number of para-hydroxylation sites is 1. The topological polar surface area (TPSA) is 38.8 Å². The largest absolute Gasteiger partial charge is 0.490 e. The van der Waals surface area contributed by atoms with E-state index in [4.69, 9.17) is 21.7 Å². The van der Waals surface area contributed by atoms with Gasteiger partial charge in [0.15, 0.2) is 0 Å². The molecule has 0 N–H and O–H groups in total. The molecule has 1 aliphatic heterocycles. The van der Waals surface area contributed by atoms with Crippen LogP contribution in [0.4, 0.5) is 0 Å². The average Bonchev–Trinajstić information content (AvgIpc) is 3.10. The van der Waals surface area contributed by atoms with Crippen molar-refractivity contribution < 1.29 is 14.3 Å². The Bertz CT molecular complexity index is 1210. The Hall–Kier alpha value is -3.09. The minimum Gasteiger partial charge on any atom is -0.490 e. The number of carbonyl (C=O) groups is 1. The lowest BCUT2D eigenvalue weighted by Crippen LogP contribution is -2.27. The highest BCUT2D eigenvalue weighted by Gasteiger charge is 2.32. The Morgan fingerprint density at radius 2 is 1.54 bits per heavy atom. The molecule has 4 nitrogen and oxygen atoms in total. The number of carbonyl (C=O) groups excluding carboxylic acids is 1. The van der Waals surface area contributed by atoms with Crippen LogP contribution in [0.1, 0.15) is 37.5 Å². The maximum Gasteiger partial charge on any atom is 0.266 e. The van der Waals surface area contributed by atoms with Gasteiger partial charge in [0.1, 0.15) is 29.0 Å². The molecule has 1 amide bonds. The molecule has 1 heterocycles. The fraction of sp³-hybridized carbons (Fsp3) is 0.241. The van der Waals surface area contributed by atoms with Crippen molar-refractivity contribution in [1.29, 1.82) is 0 Å². The minimum absolute atomic E-state index is 0.0827. The number of benzene rings is 3. The van der Waals surface area contributed by atoms with E-state index in [1.165, 1.54) is 17.3 Å². The molecule has 180 valence electrons. The first-order valence-electron chi connectivity index (χ1n) is 11.6. The van der Waals surface area contributed by atoms with Gasteiger partial charge in [-0.3, -0.25) is 9.69 Å². The van der Waals surface area contributed by atoms with Crippen molar-refractivity contribution >= 4 is 40.3 Å². The minimum atomic E-state index is -0.0827. The Balaban J connectivity index is 1.36. The predicted octanol–water partition coefficient (Wildman–Crippen LogP) is 6.84. The van der Waals surface area contributed by atoms with E-state index in [0.717, 1.165) is 16.9 Å². The van der Waals surface area contributed by atoms with Gasteiger partial charge in [-0.05, 0) is 40.8 Å². The summed E-state index contributed by atoms with van der Waals surface area (Å²) in [5.41, 5.74) is 3.26. The van der Waals surface area contributed by atoms with Crippen LogP contribution in [0.25, 0.3) is 6.08 Å². The molecular formula is C29H29NO3S2. The first-order chi connectivity index (χ1) is 16.8. The lowest BCUT2D eigenvalue weighted by atomic mass is 9.87. The number of ether oxygens (including phenoxy) is 2. The molecule has 0 aliphatic carbocycles. The smallest absolute Gasteiger partial charge is 0.266 e. The molecule has 1 aliphatic rings. The zero-order valence-electron chi connectivity index (χ0n) is 20.2. The van der Waals surface area contributed by atoms with Gasteiger partial charge in [0, 0.05) is 5.56 Å². The third-order valence-corrected chi connectivity index (χ3v) is 6.97. The molecule has 0 aromatic heterocycles. The van der Waals surface area contributed by atoms with Crippen LogP contribution in [0.15, 0.2) is 83.8 Å². The van der Waals surface area contributed by atoms with E-state index in [9.17, 15) is 4.79 Å². The maximum atomic E-state index is 13.0. The molecule has 3 aromatic carbocycles. The van der Waals surface area contributed by atoms with Crippen molar-refractivity contribution in [3.63, 3.8) is 0 Å². The summed E-state index contributed by atoms with van der Waals surface area (Å²) in [4.78, 5) is 15.3. The average molecular weight is 504 g/mol. The molecule has 0 unspecified atom stereocenters. The SMILES string of the molecule is CC(C)(C)c1ccc(OCCOc2ccccc2/C=C2\SC(=S)N(Cc3ccccc3)C2=O)cc1. The summed E-state index contributed by atoms with van der Waals surface area (Å²) in [6.07, 6.45) is 1.85. The fourth-order valence-electron chi connectivity index (χ4n) is 3.64. The Labute approximate surface area is 216 Å². The van der Waals surface area contributed by atoms with Crippen molar-refractivity contribution in [2.75, 3.05) is 13.2 Å². The fourth-order valence-corrected chi connectivity index (χ4v) is 4.88. The van der Waals surface area contributed by atoms with Crippen LogP contribution >= 0.6 is 24.0 Å². The number of thioether (sulfide) groups is 1. The first-order valence-corrected chi connectivity index (χ1v) is 12.8. The molecule has 35 heavy (non-hydrogen) atoms. The second-order valence-corrected chi connectivity index (χ2v) is 10.9. The van der Waals surface area contributed by atoms with Crippen LogP contribution < -0.4 is 9.47 Å². The number of amides is 1. The first kappa shape index (κ1) is 25.0. The second-order valence-electron chi connectivity index (χ2n) is 9.26. The third kappa shape index (κ3) is 6.53. The van der Waals surface area contributed by atoms with Crippen LogP contribution in [0.3, 0.4) is 0 Å². The molecule has 0 saturated carbocycles. The van der Waals surface area contributed by atoms with E-state index in [0.29, 0.717) is 34.7 Å². The highest BCUT2D eigenvalue weighted by Crippen LogP contribution is 2.35. The number of thiocarbonyl (C=S) groups is 1. The van der Waals surface area contributed by atoms with Crippen molar-refractivity contribution in [3.8, 4) is 11.5 Å². The van der Waals surface area contributed by atoms with Crippen LogP contribution in [-0.4, -0.2) is 28.3 Å². The van der Waals surface area contributed by atoms with Gasteiger partial charge in [0.05, 0.1) is 11.4 Å². The summed E-state index contributed by atoms with van der Waals surface area (Å²) in [5.74, 6) is 1.44. The monoisotopic (exact) mass is 503 g/mol. The van der Waals surface area contributed by atoms with E-state index in [-0.39, 0.29) is 11.3 Å². The van der Waals surface area contributed by atoms with E-state index < -0.39 is 0 Å². The van der Waals surface area contributed by atoms with E-state index >= 15 is 0 Å². The Morgan fingerprint density at radius 3 is 2.26 bits per heavy atom. The number of hydrogen-bond acceptors (Lipinski definition) is 5. The van der Waals surface area contributed by atoms with Gasteiger partial charge in [-0.2, -0.15) is 0 Å². The molecule has 1 saturated heterocycles. The molecule has 3 aromatic rings. The quantitative estimate of drug-likeness (QED) is 0.191. The lowest BCUT2D eigenvalue weighted by Gasteiger charge is -2.19. The third-order valence-electron chi connectivity index (χ3n) is 5.59. The zero-order chi connectivity index (χ0) is 24.8. The van der Waals surface area contributed by atoms with Gasteiger partial charge in [0.2, 0.25) is 0 Å². The lowest BCUT2D eigenvalue weighted by molar-refractivity contribution is -0.122. The Kier molecular flexibility index (Phi) is 7.93. The maximum absolute atomic E-state index is 13.0. The van der Waals surface area contributed by atoms with E-state index in [1.807, 2.05) is 72.8 Å². The predicted molar refractivity (Wildman–Crippen MR) is 148 cm³/mol. The van der Waals surface area contributed by atoms with E-state index in [2.05, 4.69) is 32.9 Å². The normalized spacial score (nSPS) is 15.1. The highest BCUT2D eigenvalue weighted by atomic mass is 32.2. The summed E-state index contributed by atoms with van der Waals surface area (Å²) < 4.78 is 12.4. The zero-order valence-corrected chi connectivity index (χ0v) is 21.8. The van der Waals surface area contributed by atoms with Gasteiger partial charge >= 0.3 is 0 Å². The summed E-state index contributed by atoms with van der Waals surface area (Å²) in [6, 6.07) is 25.7. The summed E-state index contributed by atoms with van der Waals surface area (Å²) in [6.45, 7) is 7.85. The second kappa shape index (κ2) is 11.1. The molecule has 0 atom stereocenters. The summed E-state index contributed by atoms with van der Waals surface area (Å²) in [7, 11) is 0. The number of rotatable bonds is 8. The van der Waals surface area contributed by atoms with Crippen LogP contribution in [0.5, 0.6) is 11.5 Å². The standard InChI is InChI=1S/C29H29NO3S2/c1-29(2,3)23-13-15-24(16-14-23)32-17-18-33-25-12-8-7-11-22(25)19-26-27(31)30(28(34)35-26)20-21-9-5-4-6-10-21/h4-16,19H,17-18,20H2,1-3H3/b26-19-. The summed E-state index contributed by atoms with van der Waals surface area (Å²) >= 11 is 6.80. The number of hydrogen-bond donors (Lipinski definition) is 0. The van der Waals surface area contributed by atoms with Crippen molar-refractivity contribution in [2.45, 2.75) is 32.7 Å². The Morgan fingerprint density at radius 1 is 0.886 bits per heavy atom. The molecule has 0 radical (unpaired) electrons. The molecule has 0 spiro atoms. The van der Waals surface area contributed by atoms with Crippen molar-refractivity contribution in [2.24, 2.45) is 0 Å². The van der Waals surface area contributed by atoms with Gasteiger partial charge in [0.25, 0.3) is 5.91 Å². The molecule has 4 rings (SSSR count). The summed E-state index contributed by atoms with van der Waals surface area (Å²) in [5, 5.41) is 0. The molecular weight excluding hydrogens is 474 g/mol. The molecule has 0 bridgehead atoms. The van der Waals surface area contributed by atoms with Crippen LogP contribution in [-0.2, 0) is 16.8 Å². The van der Waals surface area contributed by atoms with E-state index in [1.54, 1.807) is 4.90 Å². The molecule has 6 heteroatoms. The van der Waals surface area contributed by atoms with Crippen molar-refractivity contribution in [1.82, 2.24) is 4.90 Å². The van der Waals surface area contributed by atoms with Gasteiger partial charge in [-0.1, -0.05) is 105 Å². The van der Waals surface area contributed by atoms with Crippen molar-refractivity contribution in [3.05, 3.63) is 100 Å². The number of nitrogens with zero attached hydrogens (tertiary/aromatic N) is 1. The van der Waals surface area contributed by atoms with Gasteiger partial charge in [-0.25, -0.2) is 0 Å². The van der Waals surface area contributed by atoms with Crippen LogP contribution in [0, 0.1) is 0 Å². The van der Waals surface area contributed by atoms with Gasteiger partial charge in [-0.15, -0.1) is 0 Å².